The van der Waals surface area contributed by atoms with E-state index in [0.29, 0.717) is 0 Å². The number of ether oxygens (including phenoxy) is 1. The molecule has 132 valence electrons. The third-order valence-electron chi connectivity index (χ3n) is 5.39. The van der Waals surface area contributed by atoms with Crippen LogP contribution in [-0.2, 0) is 9.53 Å². The first kappa shape index (κ1) is 16.0. The lowest BCUT2D eigenvalue weighted by molar-refractivity contribution is -0.111. The Bertz CT molecular complexity index is 1010. The Kier molecular flexibility index (Phi) is 3.83. The van der Waals surface area contributed by atoms with Gasteiger partial charge in [-0.3, -0.25) is 9.89 Å². The van der Waals surface area contributed by atoms with Crippen molar-refractivity contribution >= 4 is 38.2 Å². The number of aromatic nitrogens is 2. The van der Waals surface area contributed by atoms with Crippen LogP contribution in [0.1, 0.15) is 18.4 Å². The van der Waals surface area contributed by atoms with Gasteiger partial charge in [0.2, 0.25) is 0 Å². The lowest BCUT2D eigenvalue weighted by Crippen LogP contribution is -2.36. The van der Waals surface area contributed by atoms with Gasteiger partial charge in [-0.1, -0.05) is 22.0 Å². The molecule has 0 spiro atoms. The molecule has 1 aliphatic heterocycles. The predicted molar refractivity (Wildman–Crippen MR) is 104 cm³/mol. The van der Waals surface area contributed by atoms with Gasteiger partial charge in [-0.25, -0.2) is 0 Å². The number of ketones is 1. The third kappa shape index (κ3) is 2.56. The van der Waals surface area contributed by atoms with Crippen LogP contribution in [0.4, 0.5) is 0 Å². The van der Waals surface area contributed by atoms with Crippen molar-refractivity contribution in [2.45, 2.75) is 12.8 Å². The highest BCUT2D eigenvalue weighted by Gasteiger charge is 2.30. The smallest absolute Gasteiger partial charge is 0.184 e. The molecule has 1 saturated heterocycles. The van der Waals surface area contributed by atoms with Crippen molar-refractivity contribution in [3.05, 3.63) is 57.4 Å². The molecular formula is C20H18BrN3O2. The number of hydrogen-bond acceptors (Lipinski definition) is 4. The highest BCUT2D eigenvalue weighted by Crippen LogP contribution is 2.42. The zero-order valence-electron chi connectivity index (χ0n) is 14.2. The van der Waals surface area contributed by atoms with Crippen molar-refractivity contribution < 1.29 is 9.53 Å². The standard InChI is InChI=1S/C20H18BrN3O2/c21-18-7-12(8-19-17(18)11-22-23-19)14-1-2-15-16(14)9-13(10-20(15)25)24-3-5-26-6-4-24/h1,7-8,10-11H,2-6,9H2,(H,22,23). The fraction of sp³-hybridized carbons (Fsp3) is 0.300. The Morgan fingerprint density at radius 2 is 2.04 bits per heavy atom. The van der Waals surface area contributed by atoms with Crippen molar-refractivity contribution in [2.24, 2.45) is 0 Å². The van der Waals surface area contributed by atoms with E-state index in [9.17, 15) is 4.79 Å². The lowest BCUT2D eigenvalue weighted by atomic mass is 9.89. The normalized spacial score (nSPS) is 20.5. The molecule has 26 heavy (non-hydrogen) atoms. The zero-order chi connectivity index (χ0) is 17.7. The van der Waals surface area contributed by atoms with Crippen LogP contribution in [0.25, 0.3) is 16.5 Å². The number of nitrogens with zero attached hydrogens (tertiary/aromatic N) is 2. The molecule has 5 rings (SSSR count). The van der Waals surface area contributed by atoms with Crippen LogP contribution >= 0.6 is 15.9 Å². The van der Waals surface area contributed by atoms with Crippen LogP contribution in [0.2, 0.25) is 0 Å². The summed E-state index contributed by atoms with van der Waals surface area (Å²) in [4.78, 5) is 15.0. The Labute approximate surface area is 159 Å². The number of carbonyl (C=O) groups is 1. The van der Waals surface area contributed by atoms with Crippen molar-refractivity contribution in [3.63, 3.8) is 0 Å². The topological polar surface area (TPSA) is 58.2 Å². The maximum atomic E-state index is 12.7. The molecule has 0 radical (unpaired) electrons. The van der Waals surface area contributed by atoms with Gasteiger partial charge in [-0.2, -0.15) is 5.10 Å². The Morgan fingerprint density at radius 1 is 1.19 bits per heavy atom. The predicted octanol–water partition coefficient (Wildman–Crippen LogP) is 3.60. The minimum Gasteiger partial charge on any atom is -0.378 e. The third-order valence-corrected chi connectivity index (χ3v) is 6.05. The zero-order valence-corrected chi connectivity index (χ0v) is 15.8. The van der Waals surface area contributed by atoms with Gasteiger partial charge >= 0.3 is 0 Å². The van der Waals surface area contributed by atoms with E-state index < -0.39 is 0 Å². The van der Waals surface area contributed by atoms with Gasteiger partial charge in [0.25, 0.3) is 0 Å². The number of nitrogens with one attached hydrogen (secondary N) is 1. The van der Waals surface area contributed by atoms with E-state index in [0.717, 1.165) is 71.4 Å². The molecule has 0 unspecified atom stereocenters. The van der Waals surface area contributed by atoms with Crippen molar-refractivity contribution in [1.82, 2.24) is 15.1 Å². The molecule has 6 heteroatoms. The minimum absolute atomic E-state index is 0.153. The second kappa shape index (κ2) is 6.21. The summed E-state index contributed by atoms with van der Waals surface area (Å²) in [5.41, 5.74) is 6.52. The van der Waals surface area contributed by atoms with Crippen molar-refractivity contribution in [2.75, 3.05) is 26.3 Å². The number of morpholine rings is 1. The monoisotopic (exact) mass is 411 g/mol. The molecule has 1 aromatic heterocycles. The number of hydrogen-bond donors (Lipinski definition) is 1. The van der Waals surface area contributed by atoms with Crippen LogP contribution in [0, 0.1) is 0 Å². The van der Waals surface area contributed by atoms with Gasteiger partial charge in [-0.05, 0) is 35.3 Å². The molecule has 2 heterocycles. The lowest BCUT2D eigenvalue weighted by Gasteiger charge is -2.33. The number of aromatic amines is 1. The van der Waals surface area contributed by atoms with E-state index in [1.807, 2.05) is 12.3 Å². The second-order valence-electron chi connectivity index (χ2n) is 6.84. The average Bonchev–Trinajstić information content (AvgIpc) is 3.29. The number of H-pyrrole nitrogens is 1. The molecule has 2 aromatic rings. The van der Waals surface area contributed by atoms with Crippen LogP contribution < -0.4 is 0 Å². The Morgan fingerprint density at radius 3 is 2.88 bits per heavy atom. The fourth-order valence-electron chi connectivity index (χ4n) is 4.04. The quantitative estimate of drug-likeness (QED) is 0.819. The summed E-state index contributed by atoms with van der Waals surface area (Å²) in [5.74, 6) is 0.153. The summed E-state index contributed by atoms with van der Waals surface area (Å²) < 4.78 is 6.46. The second-order valence-corrected chi connectivity index (χ2v) is 7.70. The first-order valence-corrected chi connectivity index (χ1v) is 9.63. The average molecular weight is 412 g/mol. The fourth-order valence-corrected chi connectivity index (χ4v) is 4.61. The molecule has 0 saturated carbocycles. The molecular weight excluding hydrogens is 394 g/mol. The number of halogens is 1. The number of fused-ring (bicyclic) bond motifs is 1. The maximum Gasteiger partial charge on any atom is 0.184 e. The van der Waals surface area contributed by atoms with Crippen molar-refractivity contribution in [1.29, 1.82) is 0 Å². The van der Waals surface area contributed by atoms with E-state index in [2.05, 4.69) is 49.2 Å². The Balaban J connectivity index is 1.50. The highest BCUT2D eigenvalue weighted by molar-refractivity contribution is 9.10. The first-order valence-electron chi connectivity index (χ1n) is 8.84. The van der Waals surface area contributed by atoms with Gasteiger partial charge in [0, 0.05) is 46.7 Å². The maximum absolute atomic E-state index is 12.7. The van der Waals surface area contributed by atoms with E-state index >= 15 is 0 Å². The molecule has 3 aliphatic rings. The van der Waals surface area contributed by atoms with E-state index in [4.69, 9.17) is 4.74 Å². The Hall–Kier alpha value is -2.18. The number of rotatable bonds is 2. The molecule has 0 amide bonds. The summed E-state index contributed by atoms with van der Waals surface area (Å²) in [6.45, 7) is 3.16. The van der Waals surface area contributed by atoms with Gasteiger partial charge < -0.3 is 9.64 Å². The summed E-state index contributed by atoms with van der Waals surface area (Å²) >= 11 is 3.64. The van der Waals surface area contributed by atoms with E-state index in [1.165, 1.54) is 11.1 Å². The molecule has 0 atom stereocenters. The number of benzene rings is 1. The van der Waals surface area contributed by atoms with Gasteiger partial charge in [0.05, 0.1) is 24.9 Å². The van der Waals surface area contributed by atoms with Crippen molar-refractivity contribution in [3.8, 4) is 0 Å². The van der Waals surface area contributed by atoms with Crippen LogP contribution in [0.5, 0.6) is 0 Å². The summed E-state index contributed by atoms with van der Waals surface area (Å²) in [5, 5.41) is 8.24. The van der Waals surface area contributed by atoms with Crippen LogP contribution in [0.15, 0.2) is 51.8 Å². The molecule has 2 aliphatic carbocycles. The van der Waals surface area contributed by atoms with E-state index in [-0.39, 0.29) is 5.78 Å². The number of carbonyl (C=O) groups excluding carboxylic acids is 1. The molecule has 1 fully saturated rings. The molecule has 5 nitrogen and oxygen atoms in total. The summed E-state index contributed by atoms with van der Waals surface area (Å²) in [6.07, 6.45) is 7.36. The van der Waals surface area contributed by atoms with Crippen LogP contribution in [0.3, 0.4) is 0 Å². The highest BCUT2D eigenvalue weighted by atomic mass is 79.9. The minimum atomic E-state index is 0.153. The first-order chi connectivity index (χ1) is 12.7. The number of allylic oxidation sites excluding steroid dienone is 5. The van der Waals surface area contributed by atoms with E-state index in [1.54, 1.807) is 0 Å². The molecule has 0 bridgehead atoms. The summed E-state index contributed by atoms with van der Waals surface area (Å²) in [6, 6.07) is 4.24. The molecule has 1 N–H and O–H groups in total. The van der Waals surface area contributed by atoms with Gasteiger partial charge in [0.15, 0.2) is 5.78 Å². The van der Waals surface area contributed by atoms with Crippen LogP contribution in [-0.4, -0.2) is 47.2 Å². The SMILES string of the molecule is O=C1C=C(N2CCOCC2)CC2=C1CC=C2c1cc(Br)c2cn[nH]c2c1. The van der Waals surface area contributed by atoms with Gasteiger partial charge in [-0.15, -0.1) is 0 Å². The summed E-state index contributed by atoms with van der Waals surface area (Å²) in [7, 11) is 0. The molecule has 1 aromatic carbocycles. The van der Waals surface area contributed by atoms with Gasteiger partial charge in [0.1, 0.15) is 0 Å². The largest absolute Gasteiger partial charge is 0.378 e.